The Kier molecular flexibility index (Phi) is 7.19. The summed E-state index contributed by atoms with van der Waals surface area (Å²) in [5.41, 5.74) is 2.59. The number of aromatic nitrogens is 5. The molecule has 4 rings (SSSR count). The summed E-state index contributed by atoms with van der Waals surface area (Å²) in [5.74, 6) is 0. The zero-order valence-corrected chi connectivity index (χ0v) is 19.2. The van der Waals surface area contributed by atoms with Crippen LogP contribution in [0.3, 0.4) is 0 Å². The number of nitriles is 1. The lowest BCUT2D eigenvalue weighted by atomic mass is 10.1. The molecule has 2 N–H and O–H groups in total. The number of carbonyl (C=O) groups is 1. The molecule has 3 aromatic rings. The molecule has 1 saturated heterocycles. The maximum atomic E-state index is 12.4. The van der Waals surface area contributed by atoms with E-state index in [1.807, 2.05) is 41.2 Å². The highest BCUT2D eigenvalue weighted by molar-refractivity contribution is 5.89. The zero-order valence-electron chi connectivity index (χ0n) is 19.2. The van der Waals surface area contributed by atoms with Gasteiger partial charge in [0.1, 0.15) is 12.0 Å². The Balaban J connectivity index is 1.41. The van der Waals surface area contributed by atoms with Gasteiger partial charge in [-0.05, 0) is 25.8 Å². The van der Waals surface area contributed by atoms with E-state index in [4.69, 9.17) is 5.26 Å². The normalized spacial score (nSPS) is 16.5. The number of carbonyl (C=O) groups excluding carboxylic acids is 1. The van der Waals surface area contributed by atoms with Crippen LogP contribution in [0.2, 0.25) is 0 Å². The molecule has 0 radical (unpaired) electrons. The van der Waals surface area contributed by atoms with Crippen molar-refractivity contribution in [3.8, 4) is 17.3 Å². The predicted octanol–water partition coefficient (Wildman–Crippen LogP) is 2.62. The number of amides is 2. The number of hydrogen-bond acceptors (Lipinski definition) is 6. The number of rotatable bonds is 8. The molecule has 0 aromatic carbocycles. The molecule has 3 aromatic heterocycles. The third kappa shape index (κ3) is 5.31. The van der Waals surface area contributed by atoms with Gasteiger partial charge in [-0.2, -0.15) is 10.4 Å². The zero-order chi connectivity index (χ0) is 23.2. The van der Waals surface area contributed by atoms with Crippen LogP contribution in [0.15, 0.2) is 31.0 Å². The van der Waals surface area contributed by atoms with Crippen LogP contribution in [-0.4, -0.2) is 78.8 Å². The number of fused-ring (bicyclic) bond motifs is 1. The van der Waals surface area contributed by atoms with Crippen LogP contribution in [0, 0.1) is 11.3 Å². The molecule has 0 aliphatic carbocycles. The molecule has 1 aliphatic heterocycles. The van der Waals surface area contributed by atoms with Crippen molar-refractivity contribution in [2.45, 2.75) is 51.7 Å². The van der Waals surface area contributed by atoms with Crippen molar-refractivity contribution in [2.24, 2.45) is 0 Å². The minimum absolute atomic E-state index is 0.00946. The van der Waals surface area contributed by atoms with E-state index in [-0.39, 0.29) is 18.1 Å². The lowest BCUT2D eigenvalue weighted by molar-refractivity contribution is 0.0941. The predicted molar refractivity (Wildman–Crippen MR) is 125 cm³/mol. The Morgan fingerprint density at radius 1 is 1.30 bits per heavy atom. The fourth-order valence-corrected chi connectivity index (χ4v) is 4.22. The molecule has 33 heavy (non-hydrogen) atoms. The first-order valence-corrected chi connectivity index (χ1v) is 11.6. The Morgan fingerprint density at radius 2 is 2.12 bits per heavy atom. The summed E-state index contributed by atoms with van der Waals surface area (Å²) in [6.07, 6.45) is 9.41. The van der Waals surface area contributed by atoms with Gasteiger partial charge in [0.25, 0.3) is 0 Å². The van der Waals surface area contributed by atoms with E-state index in [1.165, 1.54) is 0 Å². The van der Waals surface area contributed by atoms with Gasteiger partial charge in [-0.3, -0.25) is 9.58 Å². The number of aromatic amines is 1. The summed E-state index contributed by atoms with van der Waals surface area (Å²) in [5, 5.41) is 17.7. The molecular formula is C23H31N9O. The van der Waals surface area contributed by atoms with Gasteiger partial charge in [0.05, 0.1) is 24.5 Å². The lowest BCUT2D eigenvalue weighted by Gasteiger charge is -2.39. The van der Waals surface area contributed by atoms with Crippen molar-refractivity contribution < 1.29 is 4.79 Å². The fraction of sp³-hybridized carbons (Fsp3) is 0.522. The maximum Gasteiger partial charge on any atom is 0.317 e. The van der Waals surface area contributed by atoms with Gasteiger partial charge >= 0.3 is 6.03 Å². The van der Waals surface area contributed by atoms with Crippen LogP contribution < -0.4 is 5.32 Å². The van der Waals surface area contributed by atoms with Gasteiger partial charge in [-0.1, -0.05) is 6.92 Å². The first-order chi connectivity index (χ1) is 16.1. The number of nitrogens with one attached hydrogen (secondary N) is 2. The highest BCUT2D eigenvalue weighted by Gasteiger charge is 2.27. The highest BCUT2D eigenvalue weighted by Crippen LogP contribution is 2.24. The van der Waals surface area contributed by atoms with Crippen molar-refractivity contribution in [3.05, 3.63) is 31.0 Å². The molecule has 1 aliphatic rings. The summed E-state index contributed by atoms with van der Waals surface area (Å²) in [4.78, 5) is 28.5. The Labute approximate surface area is 193 Å². The average molecular weight is 450 g/mol. The van der Waals surface area contributed by atoms with Crippen molar-refractivity contribution in [1.82, 2.24) is 39.8 Å². The largest absolute Gasteiger partial charge is 0.346 e. The van der Waals surface area contributed by atoms with Crippen LogP contribution in [-0.2, 0) is 6.54 Å². The molecule has 4 heterocycles. The second-order valence-corrected chi connectivity index (χ2v) is 8.55. The van der Waals surface area contributed by atoms with E-state index < -0.39 is 0 Å². The first-order valence-electron chi connectivity index (χ1n) is 11.6. The van der Waals surface area contributed by atoms with Crippen molar-refractivity contribution in [3.63, 3.8) is 0 Å². The van der Waals surface area contributed by atoms with Gasteiger partial charge in [-0.25, -0.2) is 14.8 Å². The molecule has 10 heteroatoms. The van der Waals surface area contributed by atoms with E-state index >= 15 is 0 Å². The monoisotopic (exact) mass is 449 g/mol. The van der Waals surface area contributed by atoms with Crippen molar-refractivity contribution in [2.75, 3.05) is 26.2 Å². The second-order valence-electron chi connectivity index (χ2n) is 8.55. The van der Waals surface area contributed by atoms with Crippen molar-refractivity contribution in [1.29, 1.82) is 5.26 Å². The van der Waals surface area contributed by atoms with E-state index in [9.17, 15) is 4.79 Å². The third-order valence-corrected chi connectivity index (χ3v) is 6.35. The topological polar surface area (TPSA) is 119 Å². The Morgan fingerprint density at radius 3 is 2.88 bits per heavy atom. The second kappa shape index (κ2) is 10.4. The van der Waals surface area contributed by atoms with Gasteiger partial charge in [0.2, 0.25) is 0 Å². The molecule has 10 nitrogen and oxygen atoms in total. The third-order valence-electron chi connectivity index (χ3n) is 6.35. The standard InChI is InChI=1S/C23H31N9O/c1-3-17(2)29-23(33)31-11-9-30(10-12-31)19(5-4-7-24)15-32-14-18(13-28-32)21-20-6-8-25-22(20)27-16-26-21/h6,8,13-14,16-17,19H,3-5,9-12,15H2,1-2H3,(H,29,33)(H,25,26,27)/t17-,19+/m0/s1. The quantitative estimate of drug-likeness (QED) is 0.546. The van der Waals surface area contributed by atoms with E-state index in [0.717, 1.165) is 48.2 Å². The van der Waals surface area contributed by atoms with Gasteiger partial charge in [0, 0.05) is 68.0 Å². The highest BCUT2D eigenvalue weighted by atomic mass is 16.2. The van der Waals surface area contributed by atoms with E-state index in [2.05, 4.69) is 43.3 Å². The van der Waals surface area contributed by atoms with Gasteiger partial charge < -0.3 is 15.2 Å². The summed E-state index contributed by atoms with van der Waals surface area (Å²) in [6, 6.07) is 4.60. The molecule has 0 spiro atoms. The van der Waals surface area contributed by atoms with Crippen LogP contribution in [0.1, 0.15) is 33.1 Å². The van der Waals surface area contributed by atoms with Crippen LogP contribution in [0.4, 0.5) is 4.79 Å². The van der Waals surface area contributed by atoms with Gasteiger partial charge in [0.15, 0.2) is 0 Å². The minimum Gasteiger partial charge on any atom is -0.346 e. The molecule has 1 fully saturated rings. The summed E-state index contributed by atoms with van der Waals surface area (Å²) in [7, 11) is 0. The maximum absolute atomic E-state index is 12.4. The number of nitrogens with zero attached hydrogens (tertiary/aromatic N) is 7. The molecule has 2 amide bonds. The van der Waals surface area contributed by atoms with E-state index in [0.29, 0.717) is 26.1 Å². The number of H-pyrrole nitrogens is 1. The first kappa shape index (κ1) is 22.7. The molecule has 174 valence electrons. The van der Waals surface area contributed by atoms with Crippen LogP contribution >= 0.6 is 0 Å². The van der Waals surface area contributed by atoms with E-state index in [1.54, 1.807) is 6.33 Å². The molecule has 0 saturated carbocycles. The van der Waals surface area contributed by atoms with Gasteiger partial charge in [-0.15, -0.1) is 0 Å². The fourth-order valence-electron chi connectivity index (χ4n) is 4.22. The molecular weight excluding hydrogens is 418 g/mol. The molecule has 2 atom stereocenters. The molecule has 0 bridgehead atoms. The SMILES string of the molecule is CC[C@H](C)NC(=O)N1CCN([C@H](CCC#N)Cn2cc(-c3ncnc4[nH]ccc34)cn2)CC1. The average Bonchev–Trinajstić information content (AvgIpc) is 3.51. The number of urea groups is 1. The Bertz CT molecular complexity index is 1110. The Hall–Kier alpha value is -3.45. The number of hydrogen-bond donors (Lipinski definition) is 2. The van der Waals surface area contributed by atoms with Crippen LogP contribution in [0.25, 0.3) is 22.3 Å². The summed E-state index contributed by atoms with van der Waals surface area (Å²) >= 11 is 0. The lowest BCUT2D eigenvalue weighted by Crippen LogP contribution is -2.55. The minimum atomic E-state index is 0.00946. The molecule has 0 unspecified atom stereocenters. The smallest absolute Gasteiger partial charge is 0.317 e. The summed E-state index contributed by atoms with van der Waals surface area (Å²) < 4.78 is 1.93. The van der Waals surface area contributed by atoms with Crippen LogP contribution in [0.5, 0.6) is 0 Å². The summed E-state index contributed by atoms with van der Waals surface area (Å²) in [6.45, 7) is 7.70. The number of piperazine rings is 1. The van der Waals surface area contributed by atoms with Crippen molar-refractivity contribution >= 4 is 17.1 Å².